The zero-order valence-corrected chi connectivity index (χ0v) is 8.69. The van der Waals surface area contributed by atoms with E-state index in [1.54, 1.807) is 24.3 Å². The molecule has 0 saturated carbocycles. The molecule has 1 heterocycles. The molecule has 1 aliphatic rings. The van der Waals surface area contributed by atoms with Crippen molar-refractivity contribution < 1.29 is 14.3 Å². The van der Waals surface area contributed by atoms with Crippen LogP contribution >= 0.6 is 0 Å². The molecule has 1 aliphatic heterocycles. The van der Waals surface area contributed by atoms with Crippen molar-refractivity contribution in [1.29, 1.82) is 0 Å². The summed E-state index contributed by atoms with van der Waals surface area (Å²) in [6, 6.07) is 6.85. The van der Waals surface area contributed by atoms with Gasteiger partial charge in [-0.25, -0.2) is 4.79 Å². The molecule has 0 spiro atoms. The molecule has 0 bridgehead atoms. The highest BCUT2D eigenvalue weighted by molar-refractivity contribution is 6.16. The summed E-state index contributed by atoms with van der Waals surface area (Å²) in [7, 11) is 1.31. The fourth-order valence-electron chi connectivity index (χ4n) is 1.49. The van der Waals surface area contributed by atoms with E-state index in [1.807, 2.05) is 0 Å². The molecule has 0 atom stereocenters. The fourth-order valence-corrected chi connectivity index (χ4v) is 1.49. The van der Waals surface area contributed by atoms with Gasteiger partial charge in [-0.3, -0.25) is 9.79 Å². The number of amidine groups is 1. The first kappa shape index (κ1) is 10.4. The van der Waals surface area contributed by atoms with Gasteiger partial charge in [0.15, 0.2) is 0 Å². The van der Waals surface area contributed by atoms with Crippen LogP contribution in [-0.4, -0.2) is 31.4 Å². The monoisotopic (exact) mass is 218 g/mol. The van der Waals surface area contributed by atoms with Crippen molar-refractivity contribution >= 4 is 17.7 Å². The number of methoxy groups -OCH3 is 1. The molecule has 0 fully saturated rings. The topological polar surface area (TPSA) is 67.8 Å². The van der Waals surface area contributed by atoms with Crippen LogP contribution in [0.25, 0.3) is 0 Å². The summed E-state index contributed by atoms with van der Waals surface area (Å²) >= 11 is 0. The van der Waals surface area contributed by atoms with Crippen LogP contribution in [0.5, 0.6) is 0 Å². The van der Waals surface area contributed by atoms with Crippen LogP contribution in [0.2, 0.25) is 0 Å². The molecule has 2 rings (SSSR count). The summed E-state index contributed by atoms with van der Waals surface area (Å²) in [6.45, 7) is 0.102. The highest BCUT2D eigenvalue weighted by Gasteiger charge is 2.20. The number of esters is 1. The number of nitrogens with one attached hydrogen (secondary N) is 1. The van der Waals surface area contributed by atoms with E-state index in [9.17, 15) is 9.59 Å². The second kappa shape index (κ2) is 4.14. The van der Waals surface area contributed by atoms with Crippen molar-refractivity contribution in [3.63, 3.8) is 0 Å². The molecule has 0 aromatic heterocycles. The number of rotatable bonds is 2. The number of ether oxygens (including phenoxy) is 1. The summed E-state index contributed by atoms with van der Waals surface area (Å²) in [5, 5.41) is 2.59. The second-order valence-electron chi connectivity index (χ2n) is 3.25. The predicted molar refractivity (Wildman–Crippen MR) is 57.3 cm³/mol. The van der Waals surface area contributed by atoms with Gasteiger partial charge in [-0.1, -0.05) is 18.2 Å². The van der Waals surface area contributed by atoms with Crippen LogP contribution in [0.15, 0.2) is 29.3 Å². The van der Waals surface area contributed by atoms with E-state index in [0.29, 0.717) is 17.0 Å². The normalized spacial score (nSPS) is 14.3. The van der Waals surface area contributed by atoms with Crippen molar-refractivity contribution in [3.8, 4) is 0 Å². The van der Waals surface area contributed by atoms with Crippen molar-refractivity contribution in [3.05, 3.63) is 35.4 Å². The lowest BCUT2D eigenvalue weighted by Crippen LogP contribution is -2.26. The Kier molecular flexibility index (Phi) is 2.68. The van der Waals surface area contributed by atoms with Crippen LogP contribution in [0.4, 0.5) is 0 Å². The molecule has 1 aromatic rings. The van der Waals surface area contributed by atoms with E-state index in [2.05, 4.69) is 15.0 Å². The summed E-state index contributed by atoms with van der Waals surface area (Å²) in [5.74, 6) is -0.194. The summed E-state index contributed by atoms with van der Waals surface area (Å²) < 4.78 is 4.66. The Morgan fingerprint density at radius 3 is 2.81 bits per heavy atom. The number of aliphatic imine (C=N–C) groups is 1. The van der Waals surface area contributed by atoms with Crippen LogP contribution in [0.1, 0.15) is 15.9 Å². The maximum Gasteiger partial charge on any atom is 0.338 e. The van der Waals surface area contributed by atoms with Gasteiger partial charge in [-0.2, -0.15) is 0 Å². The summed E-state index contributed by atoms with van der Waals surface area (Å²) in [6.07, 6.45) is 0. The van der Waals surface area contributed by atoms with E-state index in [4.69, 9.17) is 0 Å². The van der Waals surface area contributed by atoms with Gasteiger partial charge in [0.25, 0.3) is 0 Å². The number of nitrogens with zero attached hydrogens (tertiary/aromatic N) is 1. The molecule has 1 aromatic carbocycles. The molecule has 0 radical (unpaired) electrons. The lowest BCUT2D eigenvalue weighted by Gasteiger charge is -2.06. The molecule has 5 nitrogen and oxygen atoms in total. The van der Waals surface area contributed by atoms with Gasteiger partial charge in [-0.15, -0.1) is 0 Å². The van der Waals surface area contributed by atoms with E-state index in [0.717, 1.165) is 0 Å². The Hall–Kier alpha value is -2.17. The number of carbonyl (C=O) groups is 2. The lowest BCUT2D eigenvalue weighted by molar-refractivity contribution is -0.117. The average molecular weight is 218 g/mol. The van der Waals surface area contributed by atoms with E-state index in [1.165, 1.54) is 7.11 Å². The van der Waals surface area contributed by atoms with Crippen molar-refractivity contribution in [2.75, 3.05) is 13.7 Å². The number of hydrogen-bond acceptors (Lipinski definition) is 4. The van der Waals surface area contributed by atoms with E-state index < -0.39 is 5.97 Å². The molecule has 0 unspecified atom stereocenters. The third kappa shape index (κ3) is 1.79. The zero-order chi connectivity index (χ0) is 11.5. The van der Waals surface area contributed by atoms with Crippen LogP contribution in [-0.2, 0) is 9.53 Å². The molecule has 16 heavy (non-hydrogen) atoms. The van der Waals surface area contributed by atoms with Crippen LogP contribution in [0, 0.1) is 0 Å². The first-order chi connectivity index (χ1) is 7.72. The Bertz CT molecular complexity index is 480. The maximum atomic E-state index is 11.5. The summed E-state index contributed by atoms with van der Waals surface area (Å²) in [5.41, 5.74) is 0.978. The highest BCUT2D eigenvalue weighted by atomic mass is 16.5. The highest BCUT2D eigenvalue weighted by Crippen LogP contribution is 2.12. The molecule has 1 N–H and O–H groups in total. The first-order valence-corrected chi connectivity index (χ1v) is 4.74. The van der Waals surface area contributed by atoms with Gasteiger partial charge in [0, 0.05) is 5.56 Å². The van der Waals surface area contributed by atoms with E-state index in [-0.39, 0.29) is 12.5 Å². The zero-order valence-electron chi connectivity index (χ0n) is 8.69. The molecular formula is C11H10N2O3. The molecule has 0 aliphatic carbocycles. The predicted octanol–water partition coefficient (Wildman–Crippen LogP) is 0.350. The quantitative estimate of drug-likeness (QED) is 0.728. The van der Waals surface area contributed by atoms with Gasteiger partial charge in [0.05, 0.1) is 12.7 Å². The summed E-state index contributed by atoms with van der Waals surface area (Å²) in [4.78, 5) is 26.5. The average Bonchev–Trinajstić information content (AvgIpc) is 2.75. The molecule has 0 saturated heterocycles. The minimum atomic E-state index is -0.445. The van der Waals surface area contributed by atoms with Crippen molar-refractivity contribution in [1.82, 2.24) is 5.32 Å². The Balaban J connectivity index is 2.41. The fraction of sp³-hybridized carbons (Fsp3) is 0.182. The van der Waals surface area contributed by atoms with Crippen molar-refractivity contribution in [2.45, 2.75) is 0 Å². The Morgan fingerprint density at radius 2 is 2.19 bits per heavy atom. The van der Waals surface area contributed by atoms with E-state index >= 15 is 0 Å². The van der Waals surface area contributed by atoms with Gasteiger partial charge >= 0.3 is 5.97 Å². The molecule has 82 valence electrons. The van der Waals surface area contributed by atoms with Crippen LogP contribution < -0.4 is 5.32 Å². The number of carbonyl (C=O) groups excluding carboxylic acids is 2. The van der Waals surface area contributed by atoms with Crippen molar-refractivity contribution in [2.24, 2.45) is 4.99 Å². The number of benzene rings is 1. The van der Waals surface area contributed by atoms with Gasteiger partial charge in [0.1, 0.15) is 12.4 Å². The van der Waals surface area contributed by atoms with Gasteiger partial charge in [-0.05, 0) is 6.07 Å². The SMILES string of the molecule is COC(=O)c1ccccc1C1=NCC(=O)N1. The minimum absolute atomic E-state index is 0.102. The molecule has 5 heteroatoms. The van der Waals surface area contributed by atoms with Crippen LogP contribution in [0.3, 0.4) is 0 Å². The maximum absolute atomic E-state index is 11.5. The number of amides is 1. The standard InChI is InChI=1S/C11H10N2O3/c1-16-11(15)8-5-3-2-4-7(8)10-12-6-9(14)13-10/h2-5H,6H2,1H3,(H,12,13,14). The minimum Gasteiger partial charge on any atom is -0.465 e. The Morgan fingerprint density at radius 1 is 1.44 bits per heavy atom. The van der Waals surface area contributed by atoms with Gasteiger partial charge < -0.3 is 10.1 Å². The number of hydrogen-bond donors (Lipinski definition) is 1. The largest absolute Gasteiger partial charge is 0.465 e. The molecular weight excluding hydrogens is 208 g/mol. The third-order valence-corrected chi connectivity index (χ3v) is 2.23. The lowest BCUT2D eigenvalue weighted by atomic mass is 10.1. The Labute approximate surface area is 92.1 Å². The van der Waals surface area contributed by atoms with Gasteiger partial charge in [0.2, 0.25) is 5.91 Å². The molecule has 1 amide bonds. The first-order valence-electron chi connectivity index (χ1n) is 4.74. The second-order valence-corrected chi connectivity index (χ2v) is 3.25. The third-order valence-electron chi connectivity index (χ3n) is 2.23. The smallest absolute Gasteiger partial charge is 0.338 e.